The standard InChI is InChI=1S/C8H3ClN2O/c9-7-2-1-3-8(11-5-12)6(7)4-10/h1-3H. The lowest BCUT2D eigenvalue weighted by molar-refractivity contribution is 0.565. The fourth-order valence-electron chi connectivity index (χ4n) is 0.766. The van der Waals surface area contributed by atoms with Gasteiger partial charge in [0.25, 0.3) is 0 Å². The molecule has 0 atom stereocenters. The first kappa shape index (κ1) is 8.48. The molecule has 58 valence electrons. The predicted molar refractivity (Wildman–Crippen MR) is 43.9 cm³/mol. The minimum Gasteiger partial charge on any atom is -0.211 e. The molecule has 0 radical (unpaired) electrons. The van der Waals surface area contributed by atoms with Gasteiger partial charge in [-0.3, -0.25) is 0 Å². The Morgan fingerprint density at radius 2 is 2.25 bits per heavy atom. The molecule has 4 heteroatoms. The van der Waals surface area contributed by atoms with Gasteiger partial charge < -0.3 is 0 Å². The molecule has 0 fully saturated rings. The topological polar surface area (TPSA) is 53.2 Å². The fraction of sp³-hybridized carbons (Fsp3) is 0. The predicted octanol–water partition coefficient (Wildman–Crippen LogP) is 2.18. The molecule has 1 aromatic rings. The Morgan fingerprint density at radius 3 is 2.83 bits per heavy atom. The average Bonchev–Trinajstić information content (AvgIpc) is 2.05. The van der Waals surface area contributed by atoms with Crippen LogP contribution in [0.3, 0.4) is 0 Å². The van der Waals surface area contributed by atoms with Crippen molar-refractivity contribution in [3.8, 4) is 6.07 Å². The van der Waals surface area contributed by atoms with Crippen LogP contribution in [0.2, 0.25) is 5.02 Å². The SMILES string of the molecule is N#Cc1c(Cl)cccc1N=C=O. The Bertz CT molecular complexity index is 389. The molecule has 0 saturated carbocycles. The Morgan fingerprint density at radius 1 is 1.50 bits per heavy atom. The molecule has 1 aromatic carbocycles. The molecule has 0 amide bonds. The lowest BCUT2D eigenvalue weighted by Crippen LogP contribution is -1.77. The molecule has 0 N–H and O–H groups in total. The van der Waals surface area contributed by atoms with Gasteiger partial charge in [0.1, 0.15) is 6.07 Å². The van der Waals surface area contributed by atoms with Crippen LogP contribution in [0.1, 0.15) is 5.56 Å². The third-order valence-corrected chi connectivity index (χ3v) is 1.58. The Balaban J connectivity index is 3.39. The molecular weight excluding hydrogens is 176 g/mol. The van der Waals surface area contributed by atoms with E-state index in [1.807, 2.05) is 6.07 Å². The number of halogens is 1. The molecule has 12 heavy (non-hydrogen) atoms. The van der Waals surface area contributed by atoms with Crippen LogP contribution in [0.5, 0.6) is 0 Å². The highest BCUT2D eigenvalue weighted by atomic mass is 35.5. The van der Waals surface area contributed by atoms with Crippen LogP contribution in [0, 0.1) is 11.3 Å². The fourth-order valence-corrected chi connectivity index (χ4v) is 0.978. The van der Waals surface area contributed by atoms with E-state index in [1.54, 1.807) is 12.1 Å². The molecule has 0 aliphatic carbocycles. The highest BCUT2D eigenvalue weighted by Gasteiger charge is 2.03. The van der Waals surface area contributed by atoms with Crippen molar-refractivity contribution < 1.29 is 4.79 Å². The van der Waals surface area contributed by atoms with Crippen molar-refractivity contribution in [2.24, 2.45) is 4.99 Å². The van der Waals surface area contributed by atoms with Crippen molar-refractivity contribution >= 4 is 23.4 Å². The summed E-state index contributed by atoms with van der Waals surface area (Å²) in [4.78, 5) is 13.2. The number of isocyanates is 1. The van der Waals surface area contributed by atoms with E-state index in [4.69, 9.17) is 16.9 Å². The molecule has 0 aromatic heterocycles. The zero-order valence-corrected chi connectivity index (χ0v) is 6.67. The lowest BCUT2D eigenvalue weighted by Gasteiger charge is -1.95. The number of rotatable bonds is 1. The van der Waals surface area contributed by atoms with Gasteiger partial charge in [-0.1, -0.05) is 17.7 Å². The van der Waals surface area contributed by atoms with Gasteiger partial charge in [0.15, 0.2) is 0 Å². The van der Waals surface area contributed by atoms with Crippen LogP contribution in [0.25, 0.3) is 0 Å². The van der Waals surface area contributed by atoms with Crippen molar-refractivity contribution in [3.63, 3.8) is 0 Å². The minimum atomic E-state index is 0.197. The summed E-state index contributed by atoms with van der Waals surface area (Å²) in [5.74, 6) is 0. The summed E-state index contributed by atoms with van der Waals surface area (Å²) in [7, 11) is 0. The molecule has 0 unspecified atom stereocenters. The number of hydrogen-bond acceptors (Lipinski definition) is 3. The van der Waals surface area contributed by atoms with Crippen LogP contribution < -0.4 is 0 Å². The third kappa shape index (κ3) is 1.51. The summed E-state index contributed by atoms with van der Waals surface area (Å²) in [6.07, 6.45) is 1.35. The van der Waals surface area contributed by atoms with Crippen molar-refractivity contribution in [1.82, 2.24) is 0 Å². The lowest BCUT2D eigenvalue weighted by atomic mass is 10.2. The second-order valence-electron chi connectivity index (χ2n) is 1.95. The highest BCUT2D eigenvalue weighted by molar-refractivity contribution is 6.32. The first-order chi connectivity index (χ1) is 5.79. The maximum absolute atomic E-state index is 9.91. The van der Waals surface area contributed by atoms with Gasteiger partial charge in [0.05, 0.1) is 16.3 Å². The summed E-state index contributed by atoms with van der Waals surface area (Å²) in [6, 6.07) is 6.54. The normalized spacial score (nSPS) is 8.33. The van der Waals surface area contributed by atoms with Crippen LogP contribution in [-0.4, -0.2) is 6.08 Å². The Labute approximate surface area is 73.9 Å². The van der Waals surface area contributed by atoms with Crippen LogP contribution >= 0.6 is 11.6 Å². The number of nitriles is 1. The summed E-state index contributed by atoms with van der Waals surface area (Å²) in [5.41, 5.74) is 0.447. The third-order valence-electron chi connectivity index (χ3n) is 1.27. The second-order valence-corrected chi connectivity index (χ2v) is 2.36. The van der Waals surface area contributed by atoms with Gasteiger partial charge in [-0.05, 0) is 12.1 Å². The van der Waals surface area contributed by atoms with Crippen LogP contribution in [0.15, 0.2) is 23.2 Å². The van der Waals surface area contributed by atoms with E-state index in [1.165, 1.54) is 12.1 Å². The van der Waals surface area contributed by atoms with Gasteiger partial charge in [-0.15, -0.1) is 0 Å². The van der Waals surface area contributed by atoms with Crippen LogP contribution in [-0.2, 0) is 4.79 Å². The summed E-state index contributed by atoms with van der Waals surface area (Å²) in [6.45, 7) is 0. The summed E-state index contributed by atoms with van der Waals surface area (Å²) >= 11 is 5.65. The largest absolute Gasteiger partial charge is 0.240 e. The molecule has 0 aliphatic heterocycles. The second kappa shape index (κ2) is 3.68. The average molecular weight is 179 g/mol. The Hall–Kier alpha value is -1.62. The molecule has 0 aliphatic rings. The number of hydrogen-bond donors (Lipinski definition) is 0. The number of benzene rings is 1. The minimum absolute atomic E-state index is 0.197. The number of aliphatic imine (C=N–C) groups is 1. The first-order valence-electron chi connectivity index (χ1n) is 3.06. The summed E-state index contributed by atoms with van der Waals surface area (Å²) < 4.78 is 0. The van der Waals surface area contributed by atoms with E-state index < -0.39 is 0 Å². The van der Waals surface area contributed by atoms with Gasteiger partial charge in [0, 0.05) is 0 Å². The first-order valence-corrected chi connectivity index (χ1v) is 3.44. The molecular formula is C8H3ClN2O. The maximum atomic E-state index is 9.91. The van der Waals surface area contributed by atoms with Crippen molar-refractivity contribution in [2.45, 2.75) is 0 Å². The number of nitrogens with zero attached hydrogens (tertiary/aromatic N) is 2. The Kier molecular flexibility index (Phi) is 2.60. The van der Waals surface area contributed by atoms with E-state index in [0.29, 0.717) is 0 Å². The van der Waals surface area contributed by atoms with Gasteiger partial charge in [-0.25, -0.2) is 4.79 Å². The zero-order valence-electron chi connectivity index (χ0n) is 5.91. The molecule has 0 heterocycles. The quantitative estimate of drug-likeness (QED) is 0.489. The van der Waals surface area contributed by atoms with Crippen LogP contribution in [0.4, 0.5) is 5.69 Å². The van der Waals surface area contributed by atoms with Crippen molar-refractivity contribution in [1.29, 1.82) is 5.26 Å². The highest BCUT2D eigenvalue weighted by Crippen LogP contribution is 2.24. The molecule has 0 spiro atoms. The summed E-state index contributed by atoms with van der Waals surface area (Å²) in [5, 5.41) is 8.89. The van der Waals surface area contributed by atoms with Crippen molar-refractivity contribution in [3.05, 3.63) is 28.8 Å². The molecule has 0 bridgehead atoms. The van der Waals surface area contributed by atoms with E-state index in [-0.39, 0.29) is 16.3 Å². The monoisotopic (exact) mass is 178 g/mol. The maximum Gasteiger partial charge on any atom is 0.240 e. The van der Waals surface area contributed by atoms with E-state index in [9.17, 15) is 4.79 Å². The molecule has 3 nitrogen and oxygen atoms in total. The van der Waals surface area contributed by atoms with Gasteiger partial charge in [-0.2, -0.15) is 10.3 Å². The molecule has 0 saturated heterocycles. The smallest absolute Gasteiger partial charge is 0.211 e. The molecule has 1 rings (SSSR count). The van der Waals surface area contributed by atoms with E-state index >= 15 is 0 Å². The van der Waals surface area contributed by atoms with Crippen molar-refractivity contribution in [2.75, 3.05) is 0 Å². The van der Waals surface area contributed by atoms with E-state index in [2.05, 4.69) is 4.99 Å². The van der Waals surface area contributed by atoms with E-state index in [0.717, 1.165) is 0 Å². The van der Waals surface area contributed by atoms with Gasteiger partial charge in [0.2, 0.25) is 6.08 Å². The number of carbonyl (C=O) groups excluding carboxylic acids is 1. The van der Waals surface area contributed by atoms with Gasteiger partial charge >= 0.3 is 0 Å². The zero-order chi connectivity index (χ0) is 8.97.